The molecule has 0 aliphatic heterocycles. The van der Waals surface area contributed by atoms with Crippen molar-refractivity contribution in [1.29, 1.82) is 0 Å². The largest absolute Gasteiger partial charge is 0.481 e. The summed E-state index contributed by atoms with van der Waals surface area (Å²) in [5.41, 5.74) is 0. The summed E-state index contributed by atoms with van der Waals surface area (Å²) in [4.78, 5) is 10.8. The van der Waals surface area contributed by atoms with Crippen molar-refractivity contribution in [3.63, 3.8) is 0 Å². The van der Waals surface area contributed by atoms with E-state index < -0.39 is 5.97 Å². The van der Waals surface area contributed by atoms with Gasteiger partial charge in [0.25, 0.3) is 0 Å². The van der Waals surface area contributed by atoms with Gasteiger partial charge in [-0.15, -0.1) is 0 Å². The first-order chi connectivity index (χ1) is 5.75. The third kappa shape index (κ3) is 3.86. The van der Waals surface area contributed by atoms with Crippen LogP contribution in [0.25, 0.3) is 0 Å². The summed E-state index contributed by atoms with van der Waals surface area (Å²) in [6, 6.07) is 0. The topological polar surface area (TPSA) is 37.3 Å². The average molecular weight is 197 g/mol. The van der Waals surface area contributed by atoms with Crippen LogP contribution in [0.5, 0.6) is 0 Å². The van der Waals surface area contributed by atoms with Crippen LogP contribution in [-0.4, -0.2) is 34.1 Å². The summed E-state index contributed by atoms with van der Waals surface area (Å²) in [5, 5.41) is 8.93. The normalized spacial score (nSPS) is 20.4. The van der Waals surface area contributed by atoms with E-state index in [0.717, 1.165) is 19.3 Å². The van der Waals surface area contributed by atoms with Gasteiger partial charge >= 0.3 is 29.0 Å². The van der Waals surface area contributed by atoms with Gasteiger partial charge in [-0.05, 0) is 25.2 Å². The number of aliphatic carboxylic acids is 1. The van der Waals surface area contributed by atoms with Crippen molar-refractivity contribution >= 4 is 29.0 Å². The highest BCUT2D eigenvalue weighted by atomic mass is 24.3. The Morgan fingerprint density at radius 2 is 1.92 bits per heavy atom. The minimum atomic E-state index is -0.593. The van der Waals surface area contributed by atoms with Gasteiger partial charge < -0.3 is 5.11 Å². The van der Waals surface area contributed by atoms with Crippen molar-refractivity contribution in [2.45, 2.75) is 45.4 Å². The maximum Gasteiger partial charge on any atom is 0.316 e. The summed E-state index contributed by atoms with van der Waals surface area (Å²) in [6.07, 6.45) is 6.81. The zero-order chi connectivity index (χ0) is 8.97. The maximum atomic E-state index is 10.8. The first-order valence-electron chi connectivity index (χ1n) is 4.98. The molecular weight excluding hydrogens is 176 g/mol. The Balaban J connectivity index is 0.00000144. The van der Waals surface area contributed by atoms with Crippen molar-refractivity contribution in [3.05, 3.63) is 0 Å². The molecule has 1 N–H and O–H groups in total. The molecule has 0 aromatic heterocycles. The molecule has 0 bridgehead atoms. The van der Waals surface area contributed by atoms with E-state index in [0.29, 0.717) is 5.92 Å². The second kappa shape index (κ2) is 6.65. The highest BCUT2D eigenvalue weighted by Crippen LogP contribution is 2.31. The van der Waals surface area contributed by atoms with E-state index in [1.807, 2.05) is 6.92 Å². The van der Waals surface area contributed by atoms with Crippen molar-refractivity contribution < 1.29 is 9.90 Å². The molecule has 0 aromatic rings. The van der Waals surface area contributed by atoms with Crippen LogP contribution >= 0.6 is 0 Å². The molecule has 3 heteroatoms. The molecule has 0 amide bonds. The minimum Gasteiger partial charge on any atom is -0.481 e. The summed E-state index contributed by atoms with van der Waals surface area (Å²) in [5.74, 6) is -0.212. The molecule has 1 rings (SSSR count). The summed E-state index contributed by atoms with van der Waals surface area (Å²) >= 11 is 0. The highest BCUT2D eigenvalue weighted by molar-refractivity contribution is 5.75. The van der Waals surface area contributed by atoms with Crippen LogP contribution in [-0.2, 0) is 4.79 Å². The highest BCUT2D eigenvalue weighted by Gasteiger charge is 2.27. The smallest absolute Gasteiger partial charge is 0.316 e. The number of rotatable bonds is 3. The zero-order valence-electron chi connectivity index (χ0n) is 7.75. The summed E-state index contributed by atoms with van der Waals surface area (Å²) in [6.45, 7) is 1.98. The Kier molecular flexibility index (Phi) is 6.78. The quantitative estimate of drug-likeness (QED) is 0.699. The minimum absolute atomic E-state index is 0. The Morgan fingerprint density at radius 1 is 1.38 bits per heavy atom. The predicted molar refractivity (Wildman–Crippen MR) is 56.5 cm³/mol. The number of carboxylic acids is 1. The third-order valence-corrected chi connectivity index (χ3v) is 2.98. The van der Waals surface area contributed by atoms with Gasteiger partial charge in [0.05, 0.1) is 5.92 Å². The molecule has 1 fully saturated rings. The molecule has 1 aliphatic rings. The molecule has 74 valence electrons. The molecule has 13 heavy (non-hydrogen) atoms. The lowest BCUT2D eigenvalue weighted by Gasteiger charge is -2.26. The Labute approximate surface area is 96.2 Å². The van der Waals surface area contributed by atoms with Gasteiger partial charge in [0.1, 0.15) is 0 Å². The monoisotopic (exact) mass is 196 g/mol. The summed E-state index contributed by atoms with van der Waals surface area (Å²) in [7, 11) is 0. The number of carboxylic acid groups (broad SMARTS) is 1. The van der Waals surface area contributed by atoms with E-state index in [9.17, 15) is 4.79 Å². The molecule has 0 heterocycles. The second-order valence-corrected chi connectivity index (χ2v) is 3.75. The van der Waals surface area contributed by atoms with Crippen LogP contribution in [0, 0.1) is 11.8 Å². The predicted octanol–water partition coefficient (Wildman–Crippen LogP) is 1.76. The van der Waals surface area contributed by atoms with Crippen molar-refractivity contribution in [2.24, 2.45) is 11.8 Å². The number of hydrogen-bond acceptors (Lipinski definition) is 1. The first-order valence-corrected chi connectivity index (χ1v) is 4.98. The van der Waals surface area contributed by atoms with Crippen LogP contribution in [0.1, 0.15) is 45.4 Å². The average Bonchev–Trinajstić information content (AvgIpc) is 2.07. The van der Waals surface area contributed by atoms with Crippen LogP contribution in [0.15, 0.2) is 0 Å². The van der Waals surface area contributed by atoms with E-state index in [4.69, 9.17) is 5.11 Å². The van der Waals surface area contributed by atoms with Crippen LogP contribution < -0.4 is 0 Å². The number of hydrogen-bond donors (Lipinski definition) is 1. The number of carbonyl (C=O) groups is 1. The Morgan fingerprint density at radius 3 is 2.31 bits per heavy atom. The Hall–Kier alpha value is 0.236. The van der Waals surface area contributed by atoms with Gasteiger partial charge in [-0.3, -0.25) is 4.79 Å². The zero-order valence-corrected chi connectivity index (χ0v) is 7.75. The summed E-state index contributed by atoms with van der Waals surface area (Å²) < 4.78 is 0. The third-order valence-electron chi connectivity index (χ3n) is 2.98. The Bertz CT molecular complexity index is 153. The van der Waals surface area contributed by atoms with Crippen LogP contribution in [0.3, 0.4) is 0 Å². The molecule has 0 spiro atoms. The van der Waals surface area contributed by atoms with E-state index >= 15 is 0 Å². The van der Waals surface area contributed by atoms with Gasteiger partial charge in [-0.2, -0.15) is 0 Å². The fourth-order valence-corrected chi connectivity index (χ4v) is 2.25. The lowest BCUT2D eigenvalue weighted by molar-refractivity contribution is -0.144. The standard InChI is InChI=1S/C10H18O2.Mg.2H/c1-2-9(10(11)12)8-6-4-3-5-7-8;;;/h8-9H,2-7H2,1H3,(H,11,12);;;. The van der Waals surface area contributed by atoms with Gasteiger partial charge in [-0.1, -0.05) is 26.2 Å². The molecule has 1 saturated carbocycles. The first kappa shape index (κ1) is 13.2. The van der Waals surface area contributed by atoms with E-state index in [2.05, 4.69) is 0 Å². The van der Waals surface area contributed by atoms with Gasteiger partial charge in [0.15, 0.2) is 0 Å². The molecular formula is C10H20MgO2. The van der Waals surface area contributed by atoms with Crippen LogP contribution in [0.4, 0.5) is 0 Å². The van der Waals surface area contributed by atoms with E-state index in [1.165, 1.54) is 19.3 Å². The van der Waals surface area contributed by atoms with Crippen LogP contribution in [0.2, 0.25) is 0 Å². The van der Waals surface area contributed by atoms with Crippen molar-refractivity contribution in [3.8, 4) is 0 Å². The van der Waals surface area contributed by atoms with E-state index in [-0.39, 0.29) is 29.0 Å². The lowest BCUT2D eigenvalue weighted by atomic mass is 9.79. The molecule has 1 aliphatic carbocycles. The van der Waals surface area contributed by atoms with Gasteiger partial charge in [0, 0.05) is 0 Å². The molecule has 0 aromatic carbocycles. The lowest BCUT2D eigenvalue weighted by Crippen LogP contribution is -2.24. The SMILES string of the molecule is CCC(C(=O)O)C1CCCCC1.[MgH2]. The van der Waals surface area contributed by atoms with Crippen molar-refractivity contribution in [2.75, 3.05) is 0 Å². The fraction of sp³-hybridized carbons (Fsp3) is 0.900. The maximum absolute atomic E-state index is 10.8. The van der Waals surface area contributed by atoms with E-state index in [1.54, 1.807) is 0 Å². The fourth-order valence-electron chi connectivity index (χ4n) is 2.25. The van der Waals surface area contributed by atoms with Gasteiger partial charge in [0.2, 0.25) is 0 Å². The van der Waals surface area contributed by atoms with Crippen molar-refractivity contribution in [1.82, 2.24) is 0 Å². The molecule has 1 unspecified atom stereocenters. The second-order valence-electron chi connectivity index (χ2n) is 3.75. The van der Waals surface area contributed by atoms with Gasteiger partial charge in [-0.25, -0.2) is 0 Å². The molecule has 1 atom stereocenters. The molecule has 2 nitrogen and oxygen atoms in total. The molecule has 0 radical (unpaired) electrons. The molecule has 0 saturated heterocycles.